The smallest absolute Gasteiger partial charge is 0.217 e. The third-order valence-corrected chi connectivity index (χ3v) is 1.72. The van der Waals surface area contributed by atoms with E-state index in [1.165, 1.54) is 0 Å². The summed E-state index contributed by atoms with van der Waals surface area (Å²) in [5.41, 5.74) is 4.99. The van der Waals surface area contributed by atoms with E-state index in [0.29, 0.717) is 6.42 Å². The normalized spacial score (nSPS) is 24.9. The van der Waals surface area contributed by atoms with E-state index < -0.39 is 0 Å². The van der Waals surface area contributed by atoms with Gasteiger partial charge in [-0.15, -0.1) is 0 Å². The van der Waals surface area contributed by atoms with Crippen molar-refractivity contribution in [3.05, 3.63) is 0 Å². The fourth-order valence-corrected chi connectivity index (χ4v) is 1.11. The second-order valence-corrected chi connectivity index (χ2v) is 2.70. The zero-order chi connectivity index (χ0) is 8.10. The van der Waals surface area contributed by atoms with Crippen LogP contribution >= 0.6 is 0 Å². The molecule has 4 nitrogen and oxygen atoms in total. The van der Waals surface area contributed by atoms with E-state index in [2.05, 4.69) is 5.32 Å². The number of nitrogens with two attached hydrogens (primary N) is 1. The van der Waals surface area contributed by atoms with E-state index in [4.69, 9.17) is 10.5 Å². The van der Waals surface area contributed by atoms with Crippen molar-refractivity contribution in [1.82, 2.24) is 5.32 Å². The van der Waals surface area contributed by atoms with Gasteiger partial charge in [0, 0.05) is 19.5 Å². The molecule has 0 spiro atoms. The summed E-state index contributed by atoms with van der Waals surface area (Å²) in [6.45, 7) is 2.49. The molecule has 1 heterocycles. The Morgan fingerprint density at radius 3 is 3.09 bits per heavy atom. The summed E-state index contributed by atoms with van der Waals surface area (Å²) in [6.07, 6.45) is 1.34. The number of rotatable bonds is 3. The first-order chi connectivity index (χ1) is 5.29. The van der Waals surface area contributed by atoms with Crippen LogP contribution in [0.4, 0.5) is 0 Å². The molecule has 0 aromatic heterocycles. The molecule has 0 unspecified atom stereocenters. The van der Waals surface area contributed by atoms with Gasteiger partial charge in [0.25, 0.3) is 0 Å². The summed E-state index contributed by atoms with van der Waals surface area (Å²) in [5.74, 6) is -0.251. The first-order valence-corrected chi connectivity index (χ1v) is 3.89. The minimum absolute atomic E-state index is 0.177. The van der Waals surface area contributed by atoms with Crippen molar-refractivity contribution in [3.8, 4) is 0 Å². The van der Waals surface area contributed by atoms with Gasteiger partial charge < -0.3 is 15.8 Å². The molecule has 1 saturated heterocycles. The summed E-state index contributed by atoms with van der Waals surface area (Å²) in [5, 5.41) is 3.18. The van der Waals surface area contributed by atoms with Crippen LogP contribution in [0.3, 0.4) is 0 Å². The first-order valence-electron chi connectivity index (χ1n) is 3.89. The first kappa shape index (κ1) is 8.49. The highest BCUT2D eigenvalue weighted by Crippen LogP contribution is 2.03. The zero-order valence-electron chi connectivity index (χ0n) is 6.51. The second-order valence-electron chi connectivity index (χ2n) is 2.70. The summed E-state index contributed by atoms with van der Waals surface area (Å²) >= 11 is 0. The second kappa shape index (κ2) is 4.31. The van der Waals surface area contributed by atoms with Crippen molar-refractivity contribution >= 4 is 5.91 Å². The minimum atomic E-state index is -0.251. The lowest BCUT2D eigenvalue weighted by Gasteiger charge is -2.22. The number of carbonyl (C=O) groups excluding carboxylic acids is 1. The van der Waals surface area contributed by atoms with E-state index >= 15 is 0 Å². The van der Waals surface area contributed by atoms with Gasteiger partial charge in [-0.1, -0.05) is 0 Å². The molecule has 1 atom stereocenters. The maximum atomic E-state index is 10.4. The molecule has 0 aromatic carbocycles. The number of primary amides is 1. The van der Waals surface area contributed by atoms with Crippen LogP contribution in [-0.2, 0) is 9.53 Å². The van der Waals surface area contributed by atoms with Crippen LogP contribution in [0.2, 0.25) is 0 Å². The molecule has 11 heavy (non-hydrogen) atoms. The Bertz CT molecular complexity index is 132. The van der Waals surface area contributed by atoms with E-state index in [1.54, 1.807) is 0 Å². The average Bonchev–Trinajstić information content (AvgIpc) is 2.03. The molecule has 0 saturated carbocycles. The molecule has 1 aliphatic rings. The number of hydrogen-bond donors (Lipinski definition) is 2. The van der Waals surface area contributed by atoms with Crippen molar-refractivity contribution in [2.75, 3.05) is 19.7 Å². The molecule has 1 rings (SSSR count). The lowest BCUT2D eigenvalue weighted by molar-refractivity contribution is -0.118. The van der Waals surface area contributed by atoms with Crippen LogP contribution in [0, 0.1) is 0 Å². The van der Waals surface area contributed by atoms with Crippen LogP contribution < -0.4 is 11.1 Å². The third-order valence-electron chi connectivity index (χ3n) is 1.72. The molecular formula is C7H14N2O2. The lowest BCUT2D eigenvalue weighted by atomic mass is 10.2. The summed E-state index contributed by atoms with van der Waals surface area (Å²) in [4.78, 5) is 10.4. The Balaban J connectivity index is 2.09. The molecule has 0 radical (unpaired) electrons. The van der Waals surface area contributed by atoms with E-state index in [1.807, 2.05) is 0 Å². The van der Waals surface area contributed by atoms with Crippen LogP contribution in [0.25, 0.3) is 0 Å². The number of ether oxygens (including phenoxy) is 1. The van der Waals surface area contributed by atoms with Crippen molar-refractivity contribution in [1.29, 1.82) is 0 Å². The van der Waals surface area contributed by atoms with E-state index in [9.17, 15) is 4.79 Å². The molecule has 1 aliphatic heterocycles. The molecular weight excluding hydrogens is 144 g/mol. The number of amides is 1. The maximum absolute atomic E-state index is 10.4. The molecule has 0 aromatic rings. The topological polar surface area (TPSA) is 64.4 Å². The number of morpholine rings is 1. The lowest BCUT2D eigenvalue weighted by Crippen LogP contribution is -2.38. The molecule has 3 N–H and O–H groups in total. The Kier molecular flexibility index (Phi) is 3.32. The molecule has 0 aliphatic carbocycles. The van der Waals surface area contributed by atoms with Gasteiger partial charge in [-0.05, 0) is 6.42 Å². The molecule has 1 amide bonds. The summed E-state index contributed by atoms with van der Waals surface area (Å²) in [7, 11) is 0. The zero-order valence-corrected chi connectivity index (χ0v) is 6.51. The summed E-state index contributed by atoms with van der Waals surface area (Å²) < 4.78 is 5.36. The fraction of sp³-hybridized carbons (Fsp3) is 0.857. The number of hydrogen-bond acceptors (Lipinski definition) is 3. The third kappa shape index (κ3) is 3.34. The Hall–Kier alpha value is -0.610. The fourth-order valence-electron chi connectivity index (χ4n) is 1.11. The quantitative estimate of drug-likeness (QED) is 0.567. The Morgan fingerprint density at radius 1 is 1.73 bits per heavy atom. The van der Waals surface area contributed by atoms with Crippen LogP contribution in [0.15, 0.2) is 0 Å². The standard InChI is InChI=1S/C7H14N2O2/c8-7(10)2-1-6-5-9-3-4-11-6/h6,9H,1-5H2,(H2,8,10)/t6-/m0/s1. The van der Waals surface area contributed by atoms with Crippen molar-refractivity contribution in [3.63, 3.8) is 0 Å². The maximum Gasteiger partial charge on any atom is 0.217 e. The average molecular weight is 158 g/mol. The van der Waals surface area contributed by atoms with Crippen molar-refractivity contribution < 1.29 is 9.53 Å². The minimum Gasteiger partial charge on any atom is -0.376 e. The van der Waals surface area contributed by atoms with Gasteiger partial charge in [-0.3, -0.25) is 4.79 Å². The van der Waals surface area contributed by atoms with E-state index in [0.717, 1.165) is 26.1 Å². The predicted molar refractivity (Wildman–Crippen MR) is 41.0 cm³/mol. The highest BCUT2D eigenvalue weighted by atomic mass is 16.5. The SMILES string of the molecule is NC(=O)CC[C@H]1CNCCO1. The molecule has 0 bridgehead atoms. The van der Waals surface area contributed by atoms with E-state index in [-0.39, 0.29) is 12.0 Å². The predicted octanol–water partition coefficient (Wildman–Crippen LogP) is -0.760. The van der Waals surface area contributed by atoms with Gasteiger partial charge >= 0.3 is 0 Å². The molecule has 4 heteroatoms. The number of nitrogens with one attached hydrogen (secondary N) is 1. The molecule has 64 valence electrons. The van der Waals surface area contributed by atoms with Gasteiger partial charge in [0.1, 0.15) is 0 Å². The number of carbonyl (C=O) groups is 1. The van der Waals surface area contributed by atoms with Gasteiger partial charge in [-0.25, -0.2) is 0 Å². The van der Waals surface area contributed by atoms with Crippen LogP contribution in [-0.4, -0.2) is 31.7 Å². The Labute approximate surface area is 66.1 Å². The van der Waals surface area contributed by atoms with Crippen molar-refractivity contribution in [2.45, 2.75) is 18.9 Å². The van der Waals surface area contributed by atoms with Gasteiger partial charge in [-0.2, -0.15) is 0 Å². The highest BCUT2D eigenvalue weighted by molar-refractivity contribution is 5.73. The largest absolute Gasteiger partial charge is 0.376 e. The van der Waals surface area contributed by atoms with Crippen LogP contribution in [0.5, 0.6) is 0 Å². The highest BCUT2D eigenvalue weighted by Gasteiger charge is 2.13. The van der Waals surface area contributed by atoms with Crippen molar-refractivity contribution in [2.24, 2.45) is 5.73 Å². The summed E-state index contributed by atoms with van der Waals surface area (Å²) in [6, 6.07) is 0. The van der Waals surface area contributed by atoms with Gasteiger partial charge in [0.2, 0.25) is 5.91 Å². The Morgan fingerprint density at radius 2 is 2.55 bits per heavy atom. The van der Waals surface area contributed by atoms with Crippen LogP contribution in [0.1, 0.15) is 12.8 Å². The molecule has 1 fully saturated rings. The van der Waals surface area contributed by atoms with Gasteiger partial charge in [0.15, 0.2) is 0 Å². The monoisotopic (exact) mass is 158 g/mol. The van der Waals surface area contributed by atoms with Gasteiger partial charge in [0.05, 0.1) is 12.7 Å².